The zero-order valence-corrected chi connectivity index (χ0v) is 12.5. The Balaban J connectivity index is 2.27. The largest absolute Gasteiger partial charge is 0.496 e. The number of methoxy groups -OCH3 is 1. The van der Waals surface area contributed by atoms with E-state index in [-0.39, 0.29) is 0 Å². The number of ether oxygens (including phenoxy) is 1. The average molecular weight is 271 g/mol. The Morgan fingerprint density at radius 2 is 1.90 bits per heavy atom. The van der Waals surface area contributed by atoms with Crippen molar-refractivity contribution in [2.24, 2.45) is 0 Å². The highest BCUT2D eigenvalue weighted by atomic mass is 16.5. The van der Waals surface area contributed by atoms with Gasteiger partial charge in [-0.3, -0.25) is 4.98 Å². The molecular formula is C17H21NO2. The van der Waals surface area contributed by atoms with Crippen molar-refractivity contribution in [1.29, 1.82) is 0 Å². The first-order valence-electron chi connectivity index (χ1n) is 6.76. The smallest absolute Gasteiger partial charge is 0.122 e. The van der Waals surface area contributed by atoms with Crippen LogP contribution in [0.3, 0.4) is 0 Å². The Bertz CT molecular complexity index is 608. The third kappa shape index (κ3) is 3.17. The van der Waals surface area contributed by atoms with Gasteiger partial charge < -0.3 is 9.84 Å². The molecule has 20 heavy (non-hydrogen) atoms. The minimum Gasteiger partial charge on any atom is -0.496 e. The molecule has 0 radical (unpaired) electrons. The SMILES string of the molecule is COc1ccc(C)cc1CC(O)c1ncc(C)cc1C. The number of rotatable bonds is 4. The molecule has 0 saturated heterocycles. The lowest BCUT2D eigenvalue weighted by molar-refractivity contribution is 0.171. The molecule has 0 fully saturated rings. The number of pyridine rings is 1. The van der Waals surface area contributed by atoms with Crippen LogP contribution in [0.15, 0.2) is 30.5 Å². The lowest BCUT2D eigenvalue weighted by atomic mass is 9.99. The van der Waals surface area contributed by atoms with Gasteiger partial charge in [0.1, 0.15) is 11.9 Å². The van der Waals surface area contributed by atoms with Crippen LogP contribution >= 0.6 is 0 Å². The molecule has 3 heteroatoms. The van der Waals surface area contributed by atoms with E-state index in [9.17, 15) is 5.11 Å². The fourth-order valence-electron chi connectivity index (χ4n) is 2.45. The van der Waals surface area contributed by atoms with Crippen LogP contribution in [0.25, 0.3) is 0 Å². The maximum absolute atomic E-state index is 10.4. The van der Waals surface area contributed by atoms with E-state index in [1.807, 2.05) is 45.0 Å². The normalized spacial score (nSPS) is 12.2. The minimum absolute atomic E-state index is 0.502. The lowest BCUT2D eigenvalue weighted by Gasteiger charge is -2.15. The Morgan fingerprint density at radius 3 is 2.55 bits per heavy atom. The Kier molecular flexibility index (Phi) is 4.40. The van der Waals surface area contributed by atoms with Gasteiger partial charge in [-0.2, -0.15) is 0 Å². The molecular weight excluding hydrogens is 250 g/mol. The fraction of sp³-hybridized carbons (Fsp3) is 0.353. The van der Waals surface area contributed by atoms with Gasteiger partial charge in [-0.1, -0.05) is 23.8 Å². The van der Waals surface area contributed by atoms with Gasteiger partial charge in [0.2, 0.25) is 0 Å². The van der Waals surface area contributed by atoms with Crippen molar-refractivity contribution >= 4 is 0 Å². The molecule has 0 aliphatic heterocycles. The van der Waals surface area contributed by atoms with Crippen molar-refractivity contribution in [3.05, 3.63) is 58.4 Å². The number of nitrogens with zero attached hydrogens (tertiary/aromatic N) is 1. The molecule has 2 aromatic rings. The summed E-state index contributed by atoms with van der Waals surface area (Å²) >= 11 is 0. The van der Waals surface area contributed by atoms with Crippen LogP contribution in [0.4, 0.5) is 0 Å². The van der Waals surface area contributed by atoms with Crippen LogP contribution in [0.2, 0.25) is 0 Å². The summed E-state index contributed by atoms with van der Waals surface area (Å²) in [6.07, 6.45) is 1.67. The van der Waals surface area contributed by atoms with Crippen molar-refractivity contribution < 1.29 is 9.84 Å². The van der Waals surface area contributed by atoms with Crippen molar-refractivity contribution in [3.63, 3.8) is 0 Å². The predicted octanol–water partition coefficient (Wildman–Crippen LogP) is 3.29. The molecule has 1 unspecified atom stereocenters. The summed E-state index contributed by atoms with van der Waals surface area (Å²) in [7, 11) is 1.65. The Labute approximate surface area is 120 Å². The van der Waals surface area contributed by atoms with E-state index in [1.54, 1.807) is 13.3 Å². The van der Waals surface area contributed by atoms with E-state index in [0.717, 1.165) is 33.7 Å². The topological polar surface area (TPSA) is 42.4 Å². The summed E-state index contributed by atoms with van der Waals surface area (Å²) in [5, 5.41) is 10.4. The number of aliphatic hydroxyl groups excluding tert-OH is 1. The van der Waals surface area contributed by atoms with Crippen molar-refractivity contribution in [2.75, 3.05) is 7.11 Å². The minimum atomic E-state index is -0.619. The van der Waals surface area contributed by atoms with Gasteiger partial charge >= 0.3 is 0 Å². The molecule has 0 amide bonds. The van der Waals surface area contributed by atoms with E-state index in [0.29, 0.717) is 6.42 Å². The number of benzene rings is 1. The van der Waals surface area contributed by atoms with Gasteiger partial charge in [0.25, 0.3) is 0 Å². The van der Waals surface area contributed by atoms with Gasteiger partial charge in [-0.25, -0.2) is 0 Å². The third-order valence-corrected chi connectivity index (χ3v) is 3.42. The maximum Gasteiger partial charge on any atom is 0.122 e. The first kappa shape index (κ1) is 14.5. The second-order valence-electron chi connectivity index (χ2n) is 5.25. The summed E-state index contributed by atoms with van der Waals surface area (Å²) in [4.78, 5) is 4.36. The van der Waals surface area contributed by atoms with Crippen molar-refractivity contribution in [3.8, 4) is 5.75 Å². The molecule has 1 aromatic heterocycles. The number of aliphatic hydroxyl groups is 1. The van der Waals surface area contributed by atoms with Gasteiger partial charge in [0.05, 0.1) is 12.8 Å². The third-order valence-electron chi connectivity index (χ3n) is 3.42. The van der Waals surface area contributed by atoms with E-state index < -0.39 is 6.10 Å². The van der Waals surface area contributed by atoms with Crippen LogP contribution < -0.4 is 4.74 Å². The predicted molar refractivity (Wildman–Crippen MR) is 80.1 cm³/mol. The summed E-state index contributed by atoms with van der Waals surface area (Å²) in [5.74, 6) is 0.805. The molecule has 0 aliphatic rings. The summed E-state index contributed by atoms with van der Waals surface area (Å²) in [6.45, 7) is 6.01. The molecule has 1 aromatic carbocycles. The molecule has 2 rings (SSSR count). The first-order valence-corrected chi connectivity index (χ1v) is 6.76. The molecule has 0 aliphatic carbocycles. The van der Waals surface area contributed by atoms with E-state index >= 15 is 0 Å². The van der Waals surface area contributed by atoms with E-state index in [2.05, 4.69) is 4.98 Å². The highest BCUT2D eigenvalue weighted by Gasteiger charge is 2.15. The van der Waals surface area contributed by atoms with Crippen LogP contribution in [-0.4, -0.2) is 17.2 Å². The Morgan fingerprint density at radius 1 is 1.15 bits per heavy atom. The average Bonchev–Trinajstić information content (AvgIpc) is 2.38. The van der Waals surface area contributed by atoms with E-state index in [4.69, 9.17) is 4.74 Å². The molecule has 3 nitrogen and oxygen atoms in total. The quantitative estimate of drug-likeness (QED) is 0.927. The van der Waals surface area contributed by atoms with Crippen LogP contribution in [-0.2, 0) is 6.42 Å². The molecule has 0 saturated carbocycles. The number of hydrogen-bond acceptors (Lipinski definition) is 3. The van der Waals surface area contributed by atoms with Gasteiger partial charge in [0, 0.05) is 12.6 Å². The highest BCUT2D eigenvalue weighted by molar-refractivity contribution is 5.38. The maximum atomic E-state index is 10.4. The highest BCUT2D eigenvalue weighted by Crippen LogP contribution is 2.26. The van der Waals surface area contributed by atoms with Crippen LogP contribution in [0.1, 0.15) is 34.1 Å². The van der Waals surface area contributed by atoms with Gasteiger partial charge in [-0.05, 0) is 43.5 Å². The molecule has 106 valence electrons. The molecule has 0 bridgehead atoms. The standard InChI is InChI=1S/C17H21NO2/c1-11-5-6-16(20-4)14(8-11)9-15(19)17-13(3)7-12(2)10-18-17/h5-8,10,15,19H,9H2,1-4H3. The van der Waals surface area contributed by atoms with Gasteiger partial charge in [-0.15, -0.1) is 0 Å². The van der Waals surface area contributed by atoms with Gasteiger partial charge in [0.15, 0.2) is 0 Å². The Hall–Kier alpha value is -1.87. The fourth-order valence-corrected chi connectivity index (χ4v) is 2.45. The van der Waals surface area contributed by atoms with Crippen LogP contribution in [0, 0.1) is 20.8 Å². The van der Waals surface area contributed by atoms with Crippen molar-refractivity contribution in [2.45, 2.75) is 33.3 Å². The summed E-state index contributed by atoms with van der Waals surface area (Å²) in [5.41, 5.74) is 5.01. The molecule has 1 atom stereocenters. The number of hydrogen-bond donors (Lipinski definition) is 1. The number of aryl methyl sites for hydroxylation is 3. The molecule has 0 spiro atoms. The number of aromatic nitrogens is 1. The first-order chi connectivity index (χ1) is 9.51. The zero-order chi connectivity index (χ0) is 14.7. The second-order valence-corrected chi connectivity index (χ2v) is 5.25. The van der Waals surface area contributed by atoms with Crippen molar-refractivity contribution in [1.82, 2.24) is 4.98 Å². The molecule has 1 N–H and O–H groups in total. The van der Waals surface area contributed by atoms with E-state index in [1.165, 1.54) is 0 Å². The molecule has 1 heterocycles. The zero-order valence-electron chi connectivity index (χ0n) is 12.5. The second kappa shape index (κ2) is 6.06. The lowest BCUT2D eigenvalue weighted by Crippen LogP contribution is -2.08. The summed E-state index contributed by atoms with van der Waals surface area (Å²) in [6, 6.07) is 8.03. The van der Waals surface area contributed by atoms with Crippen LogP contribution in [0.5, 0.6) is 5.75 Å². The monoisotopic (exact) mass is 271 g/mol. The summed E-state index contributed by atoms with van der Waals surface area (Å²) < 4.78 is 5.35.